The fourth-order valence-electron chi connectivity index (χ4n) is 2.80. The number of hydrogen-bond donors (Lipinski definition) is 1. The zero-order valence-corrected chi connectivity index (χ0v) is 15.0. The number of rotatable bonds is 7. The third kappa shape index (κ3) is 4.57. The van der Waals surface area contributed by atoms with Crippen LogP contribution >= 0.6 is 0 Å². The predicted molar refractivity (Wildman–Crippen MR) is 94.0 cm³/mol. The van der Waals surface area contributed by atoms with E-state index in [4.69, 9.17) is 4.74 Å². The Labute approximate surface area is 139 Å². The summed E-state index contributed by atoms with van der Waals surface area (Å²) in [6.45, 7) is 11.8. The summed E-state index contributed by atoms with van der Waals surface area (Å²) < 4.78 is 5.96. The Hall–Kier alpha value is -1.84. The fourth-order valence-corrected chi connectivity index (χ4v) is 2.80. The molecule has 0 amide bonds. The van der Waals surface area contributed by atoms with Gasteiger partial charge in [-0.2, -0.15) is 15.4 Å². The number of nitrogens with zero attached hydrogens (tertiary/aromatic N) is 2. The quantitative estimate of drug-likeness (QED) is 0.810. The molecule has 0 radical (unpaired) electrons. The van der Waals surface area contributed by atoms with Gasteiger partial charge in [-0.3, -0.25) is 0 Å². The molecule has 0 aliphatic rings. The Morgan fingerprint density at radius 2 is 2.00 bits per heavy atom. The second-order valence-corrected chi connectivity index (χ2v) is 7.12. The van der Waals surface area contributed by atoms with Crippen molar-refractivity contribution >= 4 is 0 Å². The van der Waals surface area contributed by atoms with Crippen molar-refractivity contribution in [2.45, 2.75) is 65.2 Å². The van der Waals surface area contributed by atoms with Crippen molar-refractivity contribution in [2.24, 2.45) is 0 Å². The lowest BCUT2D eigenvalue weighted by atomic mass is 9.82. The second-order valence-electron chi connectivity index (χ2n) is 7.12. The first-order chi connectivity index (χ1) is 11.0. The highest BCUT2D eigenvalue weighted by Crippen LogP contribution is 2.35. The molecule has 0 bridgehead atoms. The van der Waals surface area contributed by atoms with Gasteiger partial charge in [0.05, 0.1) is 18.5 Å². The van der Waals surface area contributed by atoms with E-state index >= 15 is 0 Å². The van der Waals surface area contributed by atoms with E-state index in [0.29, 0.717) is 5.92 Å². The van der Waals surface area contributed by atoms with Gasteiger partial charge in [0.1, 0.15) is 5.75 Å². The van der Waals surface area contributed by atoms with Crippen molar-refractivity contribution in [3.63, 3.8) is 0 Å². The molecule has 126 valence electrons. The Kier molecular flexibility index (Phi) is 5.80. The molecule has 0 saturated carbocycles. The first-order valence-corrected chi connectivity index (χ1v) is 8.57. The number of ether oxygens (including phenoxy) is 1. The van der Waals surface area contributed by atoms with E-state index in [2.05, 4.69) is 68.2 Å². The smallest absolute Gasteiger partial charge is 0.123 e. The molecule has 2 aromatic rings. The summed E-state index contributed by atoms with van der Waals surface area (Å²) in [6, 6.07) is 6.66. The fraction of sp³-hybridized carbons (Fsp3) is 0.579. The molecule has 4 nitrogen and oxygen atoms in total. The Morgan fingerprint density at radius 1 is 1.22 bits per heavy atom. The van der Waals surface area contributed by atoms with E-state index in [1.165, 1.54) is 11.1 Å². The van der Waals surface area contributed by atoms with Crippen LogP contribution in [0.25, 0.3) is 0 Å². The van der Waals surface area contributed by atoms with Gasteiger partial charge in [0.2, 0.25) is 0 Å². The molecule has 1 aromatic carbocycles. The summed E-state index contributed by atoms with van der Waals surface area (Å²) in [5.41, 5.74) is 3.71. The SMILES string of the molecule is CCCOc1ccc(C(CC)Cc2cn[nH]n2)cc1C(C)(C)C. The molecular weight excluding hydrogens is 286 g/mol. The number of H-pyrrole nitrogens is 1. The number of aromatic amines is 1. The molecule has 1 atom stereocenters. The molecule has 2 rings (SSSR count). The van der Waals surface area contributed by atoms with Crippen LogP contribution in [0.2, 0.25) is 0 Å². The molecule has 4 heteroatoms. The molecule has 1 unspecified atom stereocenters. The normalized spacial score (nSPS) is 13.1. The monoisotopic (exact) mass is 315 g/mol. The molecule has 0 aliphatic carbocycles. The summed E-state index contributed by atoms with van der Waals surface area (Å²) >= 11 is 0. The maximum absolute atomic E-state index is 5.96. The van der Waals surface area contributed by atoms with Gasteiger partial charge in [-0.15, -0.1) is 0 Å². The van der Waals surface area contributed by atoms with E-state index in [1.54, 1.807) is 0 Å². The largest absolute Gasteiger partial charge is 0.493 e. The number of benzene rings is 1. The van der Waals surface area contributed by atoms with Crippen molar-refractivity contribution in [2.75, 3.05) is 6.61 Å². The summed E-state index contributed by atoms with van der Waals surface area (Å²) in [7, 11) is 0. The third-order valence-corrected chi connectivity index (χ3v) is 4.16. The lowest BCUT2D eigenvalue weighted by Crippen LogP contribution is -2.15. The van der Waals surface area contributed by atoms with E-state index in [0.717, 1.165) is 37.3 Å². The van der Waals surface area contributed by atoms with Crippen LogP contribution < -0.4 is 4.74 Å². The number of nitrogens with one attached hydrogen (secondary N) is 1. The van der Waals surface area contributed by atoms with Crippen molar-refractivity contribution in [1.82, 2.24) is 15.4 Å². The first-order valence-electron chi connectivity index (χ1n) is 8.57. The van der Waals surface area contributed by atoms with Crippen LogP contribution in [0.4, 0.5) is 0 Å². The van der Waals surface area contributed by atoms with Crippen LogP contribution in [0.3, 0.4) is 0 Å². The minimum absolute atomic E-state index is 0.0608. The average molecular weight is 315 g/mol. The summed E-state index contributed by atoms with van der Waals surface area (Å²) in [6.07, 6.45) is 4.82. The van der Waals surface area contributed by atoms with Gasteiger partial charge in [0, 0.05) is 0 Å². The Balaban J connectivity index is 2.30. The number of aromatic nitrogens is 3. The molecular formula is C19H29N3O. The van der Waals surface area contributed by atoms with E-state index in [-0.39, 0.29) is 5.41 Å². The zero-order valence-electron chi connectivity index (χ0n) is 15.0. The Morgan fingerprint density at radius 3 is 2.57 bits per heavy atom. The van der Waals surface area contributed by atoms with Crippen LogP contribution in [-0.4, -0.2) is 22.0 Å². The molecule has 0 fully saturated rings. The van der Waals surface area contributed by atoms with Crippen molar-refractivity contribution < 1.29 is 4.74 Å². The molecule has 1 aromatic heterocycles. The van der Waals surface area contributed by atoms with Gasteiger partial charge in [0.15, 0.2) is 0 Å². The van der Waals surface area contributed by atoms with Crippen molar-refractivity contribution in [3.05, 3.63) is 41.2 Å². The average Bonchev–Trinajstić information content (AvgIpc) is 3.02. The van der Waals surface area contributed by atoms with Crippen LogP contribution in [-0.2, 0) is 11.8 Å². The topological polar surface area (TPSA) is 50.8 Å². The molecule has 0 spiro atoms. The van der Waals surface area contributed by atoms with Crippen LogP contribution in [0.5, 0.6) is 5.75 Å². The van der Waals surface area contributed by atoms with Crippen molar-refractivity contribution in [1.29, 1.82) is 0 Å². The predicted octanol–water partition coefficient (Wildman–Crippen LogP) is 4.63. The van der Waals surface area contributed by atoms with E-state index in [9.17, 15) is 0 Å². The highest BCUT2D eigenvalue weighted by molar-refractivity contribution is 5.43. The first kappa shape index (κ1) is 17.5. The van der Waals surface area contributed by atoms with E-state index in [1.807, 2.05) is 6.20 Å². The highest BCUT2D eigenvalue weighted by atomic mass is 16.5. The molecule has 1 N–H and O–H groups in total. The second kappa shape index (κ2) is 7.62. The maximum Gasteiger partial charge on any atom is 0.123 e. The van der Waals surface area contributed by atoms with Gasteiger partial charge < -0.3 is 4.74 Å². The molecule has 0 aliphatic heterocycles. The minimum Gasteiger partial charge on any atom is -0.493 e. The lowest BCUT2D eigenvalue weighted by molar-refractivity contribution is 0.308. The maximum atomic E-state index is 5.96. The van der Waals surface area contributed by atoms with Gasteiger partial charge in [-0.25, -0.2) is 0 Å². The Bertz CT molecular complexity index is 600. The van der Waals surface area contributed by atoms with Gasteiger partial charge in [0.25, 0.3) is 0 Å². The molecule has 23 heavy (non-hydrogen) atoms. The van der Waals surface area contributed by atoms with Gasteiger partial charge in [-0.1, -0.05) is 46.8 Å². The van der Waals surface area contributed by atoms with Crippen LogP contribution in [0.1, 0.15) is 70.2 Å². The molecule has 0 saturated heterocycles. The highest BCUT2D eigenvalue weighted by Gasteiger charge is 2.22. The van der Waals surface area contributed by atoms with Crippen molar-refractivity contribution in [3.8, 4) is 5.75 Å². The minimum atomic E-state index is 0.0608. The van der Waals surface area contributed by atoms with Gasteiger partial charge in [-0.05, 0) is 47.8 Å². The number of hydrogen-bond acceptors (Lipinski definition) is 3. The van der Waals surface area contributed by atoms with Crippen LogP contribution in [0, 0.1) is 0 Å². The van der Waals surface area contributed by atoms with Gasteiger partial charge >= 0.3 is 0 Å². The van der Waals surface area contributed by atoms with Crippen LogP contribution in [0.15, 0.2) is 24.4 Å². The lowest BCUT2D eigenvalue weighted by Gasteiger charge is -2.25. The molecule has 1 heterocycles. The third-order valence-electron chi connectivity index (χ3n) is 4.16. The zero-order chi connectivity index (χ0) is 16.9. The summed E-state index contributed by atoms with van der Waals surface area (Å²) in [4.78, 5) is 0. The summed E-state index contributed by atoms with van der Waals surface area (Å²) in [5, 5.41) is 10.8. The van der Waals surface area contributed by atoms with E-state index < -0.39 is 0 Å². The summed E-state index contributed by atoms with van der Waals surface area (Å²) in [5.74, 6) is 1.46. The standard InChI is InChI=1S/C19H29N3O/c1-6-10-23-18-9-8-15(12-17(18)19(3,4)5)14(7-2)11-16-13-20-22-21-16/h8-9,12-14H,6-7,10-11H2,1-5H3,(H,20,21,22).